The molecule has 0 saturated heterocycles. The van der Waals surface area contributed by atoms with Gasteiger partial charge < -0.3 is 4.74 Å². The molecule has 0 unspecified atom stereocenters. The number of benzene rings is 1. The molecule has 19 heavy (non-hydrogen) atoms. The Labute approximate surface area is 115 Å². The Morgan fingerprint density at radius 3 is 3.00 bits per heavy atom. The average Bonchev–Trinajstić information content (AvgIpc) is 2.87. The van der Waals surface area contributed by atoms with Crippen LogP contribution >= 0.6 is 11.3 Å². The van der Waals surface area contributed by atoms with Crippen LogP contribution in [0, 0.1) is 12.7 Å². The molecule has 1 aromatic carbocycles. The number of esters is 1. The molecule has 2 aromatic rings. The molecule has 2 rings (SSSR count). The van der Waals surface area contributed by atoms with Crippen LogP contribution in [0.5, 0.6) is 0 Å². The Balaban J connectivity index is 2.16. The van der Waals surface area contributed by atoms with E-state index in [1.165, 1.54) is 30.6 Å². The fourth-order valence-corrected chi connectivity index (χ4v) is 2.64. The van der Waals surface area contributed by atoms with Gasteiger partial charge in [-0.25, -0.2) is 9.37 Å². The monoisotopic (exact) mass is 279 g/mol. The van der Waals surface area contributed by atoms with E-state index >= 15 is 0 Å². The smallest absolute Gasteiger partial charge is 0.305 e. The number of aromatic nitrogens is 1. The van der Waals surface area contributed by atoms with Crippen LogP contribution in [0.25, 0.3) is 10.6 Å². The van der Waals surface area contributed by atoms with Crippen LogP contribution in [0.3, 0.4) is 0 Å². The van der Waals surface area contributed by atoms with E-state index in [0.717, 1.165) is 21.8 Å². The van der Waals surface area contributed by atoms with Crippen molar-refractivity contribution < 1.29 is 13.9 Å². The maximum atomic E-state index is 13.3. The fraction of sp³-hybridized carbons (Fsp3) is 0.286. The summed E-state index contributed by atoms with van der Waals surface area (Å²) in [5.41, 5.74) is 2.61. The lowest BCUT2D eigenvalue weighted by molar-refractivity contribution is -0.140. The minimum Gasteiger partial charge on any atom is -0.469 e. The molecule has 0 aliphatic heterocycles. The standard InChI is InChI=1S/C14H14FNO2S/c1-9-3-4-10(15)7-12(9)14-16-11(8-19-14)5-6-13(17)18-2/h3-4,7-8H,5-6H2,1-2H3. The molecular weight excluding hydrogens is 265 g/mol. The van der Waals surface area contributed by atoms with Crippen molar-refractivity contribution in [2.75, 3.05) is 7.11 Å². The number of thiazole rings is 1. The Kier molecular flexibility index (Phi) is 4.27. The summed E-state index contributed by atoms with van der Waals surface area (Å²) >= 11 is 1.45. The van der Waals surface area contributed by atoms with Gasteiger partial charge in [-0.3, -0.25) is 4.79 Å². The quantitative estimate of drug-likeness (QED) is 0.806. The van der Waals surface area contributed by atoms with Crippen LogP contribution in [-0.2, 0) is 16.0 Å². The first-order valence-electron chi connectivity index (χ1n) is 5.88. The molecule has 0 N–H and O–H groups in total. The van der Waals surface area contributed by atoms with E-state index in [2.05, 4.69) is 9.72 Å². The first-order chi connectivity index (χ1) is 9.10. The van der Waals surface area contributed by atoms with Crippen LogP contribution in [0.1, 0.15) is 17.7 Å². The maximum Gasteiger partial charge on any atom is 0.305 e. The Morgan fingerprint density at radius 1 is 1.47 bits per heavy atom. The molecule has 0 atom stereocenters. The molecule has 3 nitrogen and oxygen atoms in total. The van der Waals surface area contributed by atoms with E-state index in [0.29, 0.717) is 12.8 Å². The molecule has 0 spiro atoms. The van der Waals surface area contributed by atoms with Crippen LogP contribution < -0.4 is 0 Å². The number of carbonyl (C=O) groups excluding carboxylic acids is 1. The predicted molar refractivity (Wildman–Crippen MR) is 72.6 cm³/mol. The molecule has 0 aliphatic carbocycles. The lowest BCUT2D eigenvalue weighted by atomic mass is 10.1. The van der Waals surface area contributed by atoms with E-state index in [1.54, 1.807) is 6.07 Å². The number of rotatable bonds is 4. The van der Waals surface area contributed by atoms with Crippen molar-refractivity contribution in [1.29, 1.82) is 0 Å². The highest BCUT2D eigenvalue weighted by Crippen LogP contribution is 2.27. The number of nitrogens with zero attached hydrogens (tertiary/aromatic N) is 1. The zero-order valence-corrected chi connectivity index (χ0v) is 11.6. The van der Waals surface area contributed by atoms with Crippen molar-refractivity contribution in [3.63, 3.8) is 0 Å². The second-order valence-electron chi connectivity index (χ2n) is 4.18. The van der Waals surface area contributed by atoms with Gasteiger partial charge in [-0.15, -0.1) is 11.3 Å². The van der Waals surface area contributed by atoms with Gasteiger partial charge in [0.15, 0.2) is 0 Å². The molecule has 0 amide bonds. The number of aryl methyl sites for hydroxylation is 2. The van der Waals surface area contributed by atoms with E-state index in [9.17, 15) is 9.18 Å². The zero-order chi connectivity index (χ0) is 13.8. The van der Waals surface area contributed by atoms with Gasteiger partial charge in [-0.05, 0) is 24.6 Å². The summed E-state index contributed by atoms with van der Waals surface area (Å²) in [7, 11) is 1.37. The van der Waals surface area contributed by atoms with Crippen molar-refractivity contribution in [3.05, 3.63) is 40.7 Å². The van der Waals surface area contributed by atoms with Gasteiger partial charge in [0.05, 0.1) is 19.2 Å². The van der Waals surface area contributed by atoms with Crippen molar-refractivity contribution >= 4 is 17.3 Å². The molecule has 0 saturated carbocycles. The first kappa shape index (κ1) is 13.7. The van der Waals surface area contributed by atoms with Gasteiger partial charge in [0, 0.05) is 17.4 Å². The summed E-state index contributed by atoms with van der Waals surface area (Å²) in [4.78, 5) is 15.5. The summed E-state index contributed by atoms with van der Waals surface area (Å²) in [6.45, 7) is 1.92. The zero-order valence-electron chi connectivity index (χ0n) is 10.8. The highest BCUT2D eigenvalue weighted by molar-refractivity contribution is 7.13. The third-order valence-electron chi connectivity index (χ3n) is 2.79. The SMILES string of the molecule is COC(=O)CCc1csc(-c2cc(F)ccc2C)n1. The molecule has 0 fully saturated rings. The fourth-order valence-electron chi connectivity index (χ4n) is 1.70. The van der Waals surface area contributed by atoms with Gasteiger partial charge in [0.25, 0.3) is 0 Å². The average molecular weight is 279 g/mol. The number of methoxy groups -OCH3 is 1. The van der Waals surface area contributed by atoms with E-state index in [-0.39, 0.29) is 11.8 Å². The van der Waals surface area contributed by atoms with Crippen LogP contribution in [0.2, 0.25) is 0 Å². The Morgan fingerprint density at radius 2 is 2.26 bits per heavy atom. The second-order valence-corrected chi connectivity index (χ2v) is 5.04. The maximum absolute atomic E-state index is 13.3. The second kappa shape index (κ2) is 5.93. The van der Waals surface area contributed by atoms with Gasteiger partial charge in [-0.1, -0.05) is 6.07 Å². The number of hydrogen-bond donors (Lipinski definition) is 0. The normalized spacial score (nSPS) is 10.5. The summed E-state index contributed by atoms with van der Waals surface area (Å²) in [6.07, 6.45) is 0.847. The molecule has 0 bridgehead atoms. The van der Waals surface area contributed by atoms with Crippen LogP contribution in [-0.4, -0.2) is 18.1 Å². The molecular formula is C14H14FNO2S. The van der Waals surface area contributed by atoms with E-state index < -0.39 is 0 Å². The lowest BCUT2D eigenvalue weighted by Crippen LogP contribution is -2.01. The van der Waals surface area contributed by atoms with Gasteiger partial charge >= 0.3 is 5.97 Å². The number of carbonyl (C=O) groups is 1. The number of ether oxygens (including phenoxy) is 1. The van der Waals surface area contributed by atoms with Crippen molar-refractivity contribution in [3.8, 4) is 10.6 Å². The van der Waals surface area contributed by atoms with Crippen molar-refractivity contribution in [2.24, 2.45) is 0 Å². The Bertz CT molecular complexity index is 595. The first-order valence-corrected chi connectivity index (χ1v) is 6.76. The summed E-state index contributed by atoms with van der Waals surface area (Å²) < 4.78 is 17.8. The molecule has 1 aromatic heterocycles. The summed E-state index contributed by atoms with van der Waals surface area (Å²) in [5, 5.41) is 2.67. The van der Waals surface area contributed by atoms with Crippen LogP contribution in [0.4, 0.5) is 4.39 Å². The molecule has 0 aliphatic rings. The van der Waals surface area contributed by atoms with Crippen LogP contribution in [0.15, 0.2) is 23.6 Å². The van der Waals surface area contributed by atoms with E-state index in [1.807, 2.05) is 12.3 Å². The third kappa shape index (κ3) is 3.38. The third-order valence-corrected chi connectivity index (χ3v) is 3.72. The van der Waals surface area contributed by atoms with Gasteiger partial charge in [-0.2, -0.15) is 0 Å². The summed E-state index contributed by atoms with van der Waals surface area (Å²) in [5.74, 6) is -0.525. The number of hydrogen-bond acceptors (Lipinski definition) is 4. The lowest BCUT2D eigenvalue weighted by Gasteiger charge is -2.01. The van der Waals surface area contributed by atoms with Gasteiger partial charge in [0.1, 0.15) is 10.8 Å². The molecule has 100 valence electrons. The molecule has 5 heteroatoms. The highest BCUT2D eigenvalue weighted by Gasteiger charge is 2.10. The molecule has 0 radical (unpaired) electrons. The summed E-state index contributed by atoms with van der Waals surface area (Å²) in [6, 6.07) is 4.66. The topological polar surface area (TPSA) is 39.2 Å². The predicted octanol–water partition coefficient (Wildman–Crippen LogP) is 3.36. The molecule has 1 heterocycles. The Hall–Kier alpha value is -1.75. The number of halogens is 1. The van der Waals surface area contributed by atoms with Gasteiger partial charge in [0.2, 0.25) is 0 Å². The van der Waals surface area contributed by atoms with Crippen molar-refractivity contribution in [2.45, 2.75) is 19.8 Å². The minimum absolute atomic E-state index is 0.253. The van der Waals surface area contributed by atoms with E-state index in [4.69, 9.17) is 0 Å². The van der Waals surface area contributed by atoms with Crippen molar-refractivity contribution in [1.82, 2.24) is 4.98 Å². The minimum atomic E-state index is -0.271. The largest absolute Gasteiger partial charge is 0.469 e. The highest BCUT2D eigenvalue weighted by atomic mass is 32.1.